The first-order valence-corrected chi connectivity index (χ1v) is 4.79. The molecule has 5 nitrogen and oxygen atoms in total. The molecule has 0 aromatic carbocycles. The highest BCUT2D eigenvalue weighted by molar-refractivity contribution is 7.17. The molecule has 0 spiro atoms. The molecule has 2 rings (SSSR count). The zero-order valence-corrected chi connectivity index (χ0v) is 8.16. The number of fused-ring (bicyclic) bond motifs is 1. The van der Waals surface area contributed by atoms with Crippen LogP contribution in [0.5, 0.6) is 0 Å². The molecular formula is C7H3ClN2O3S. The Labute approximate surface area is 85.3 Å². The van der Waals surface area contributed by atoms with Crippen LogP contribution < -0.4 is 11.2 Å². The van der Waals surface area contributed by atoms with E-state index in [0.29, 0.717) is 4.83 Å². The highest BCUT2D eigenvalue weighted by atomic mass is 35.5. The summed E-state index contributed by atoms with van der Waals surface area (Å²) in [5.74, 6) is 0. The van der Waals surface area contributed by atoms with E-state index < -0.39 is 16.5 Å². The van der Waals surface area contributed by atoms with Crippen LogP contribution >= 0.6 is 22.9 Å². The molecule has 0 fully saturated rings. The summed E-state index contributed by atoms with van der Waals surface area (Å²) < 4.78 is 0. The van der Waals surface area contributed by atoms with Crippen molar-refractivity contribution < 1.29 is 4.79 Å². The Balaban J connectivity index is 3.00. The summed E-state index contributed by atoms with van der Waals surface area (Å²) in [6, 6.07) is 0. The van der Waals surface area contributed by atoms with Crippen LogP contribution in [0.25, 0.3) is 10.2 Å². The predicted molar refractivity (Wildman–Crippen MR) is 53.2 cm³/mol. The standard InChI is InChI=1S/C7H3ClN2O3S/c8-4(11)2-1-14-6-3(2)5(12)9-7(13)10-6/h1H,(H2,9,10,12,13). The third-order valence-corrected chi connectivity index (χ3v) is 2.78. The Morgan fingerprint density at radius 2 is 2.07 bits per heavy atom. The van der Waals surface area contributed by atoms with Crippen LogP contribution in [-0.2, 0) is 0 Å². The summed E-state index contributed by atoms with van der Waals surface area (Å²) >= 11 is 6.35. The second kappa shape index (κ2) is 3.07. The van der Waals surface area contributed by atoms with Crippen LogP contribution in [0.4, 0.5) is 0 Å². The number of hydrogen-bond acceptors (Lipinski definition) is 4. The number of aromatic nitrogens is 2. The number of halogens is 1. The Kier molecular flexibility index (Phi) is 2.01. The van der Waals surface area contributed by atoms with E-state index >= 15 is 0 Å². The van der Waals surface area contributed by atoms with E-state index in [9.17, 15) is 14.4 Å². The van der Waals surface area contributed by atoms with E-state index in [4.69, 9.17) is 11.6 Å². The molecule has 14 heavy (non-hydrogen) atoms. The van der Waals surface area contributed by atoms with Crippen molar-refractivity contribution in [2.24, 2.45) is 0 Å². The van der Waals surface area contributed by atoms with Gasteiger partial charge in [0.1, 0.15) is 4.83 Å². The molecular weight excluding hydrogens is 228 g/mol. The van der Waals surface area contributed by atoms with Gasteiger partial charge in [-0.05, 0) is 11.6 Å². The number of hydrogen-bond donors (Lipinski definition) is 2. The van der Waals surface area contributed by atoms with Crippen molar-refractivity contribution in [1.82, 2.24) is 9.97 Å². The SMILES string of the molecule is O=C(Cl)c1csc2[nH]c(=O)[nH]c(=O)c12. The molecule has 0 radical (unpaired) electrons. The number of rotatable bonds is 1. The maximum Gasteiger partial charge on any atom is 0.326 e. The first-order chi connectivity index (χ1) is 6.59. The number of aromatic amines is 2. The van der Waals surface area contributed by atoms with Gasteiger partial charge in [-0.2, -0.15) is 0 Å². The van der Waals surface area contributed by atoms with Crippen LogP contribution in [-0.4, -0.2) is 15.2 Å². The van der Waals surface area contributed by atoms with E-state index in [1.54, 1.807) is 0 Å². The topological polar surface area (TPSA) is 82.8 Å². The third-order valence-electron chi connectivity index (χ3n) is 1.68. The van der Waals surface area contributed by atoms with Crippen molar-refractivity contribution in [3.05, 3.63) is 31.8 Å². The van der Waals surface area contributed by atoms with Crippen molar-refractivity contribution in [2.45, 2.75) is 0 Å². The lowest BCUT2D eigenvalue weighted by Crippen LogP contribution is -2.21. The Morgan fingerprint density at radius 1 is 1.36 bits per heavy atom. The highest BCUT2D eigenvalue weighted by Crippen LogP contribution is 2.20. The Morgan fingerprint density at radius 3 is 2.71 bits per heavy atom. The quantitative estimate of drug-likeness (QED) is 0.706. The maximum absolute atomic E-state index is 11.3. The van der Waals surface area contributed by atoms with E-state index in [1.165, 1.54) is 5.38 Å². The minimum Gasteiger partial charge on any atom is -0.298 e. The summed E-state index contributed by atoms with van der Waals surface area (Å²) in [5, 5.41) is 0.856. The molecule has 0 aliphatic heterocycles. The summed E-state index contributed by atoms with van der Waals surface area (Å²) in [6.45, 7) is 0. The first kappa shape index (κ1) is 9.17. The normalized spacial score (nSPS) is 10.6. The van der Waals surface area contributed by atoms with E-state index in [0.717, 1.165) is 11.3 Å². The minimum atomic E-state index is -0.714. The molecule has 2 aromatic heterocycles. The average Bonchev–Trinajstić information content (AvgIpc) is 2.47. The Hall–Kier alpha value is -1.40. The van der Waals surface area contributed by atoms with Gasteiger partial charge in [0, 0.05) is 5.38 Å². The summed E-state index contributed by atoms with van der Waals surface area (Å²) in [5.41, 5.74) is -1.09. The van der Waals surface area contributed by atoms with E-state index in [2.05, 4.69) is 4.98 Å². The molecule has 0 aliphatic rings. The van der Waals surface area contributed by atoms with Crippen LogP contribution in [0.2, 0.25) is 0 Å². The van der Waals surface area contributed by atoms with Gasteiger partial charge in [-0.15, -0.1) is 11.3 Å². The van der Waals surface area contributed by atoms with Crippen LogP contribution in [0.15, 0.2) is 15.0 Å². The molecule has 72 valence electrons. The van der Waals surface area contributed by atoms with Gasteiger partial charge in [-0.1, -0.05) is 0 Å². The summed E-state index contributed by atoms with van der Waals surface area (Å²) in [6.07, 6.45) is 0. The number of thiophene rings is 1. The number of carbonyl (C=O) groups excluding carboxylic acids is 1. The van der Waals surface area contributed by atoms with Crippen molar-refractivity contribution in [3.63, 3.8) is 0 Å². The lowest BCUT2D eigenvalue weighted by molar-refractivity contribution is 0.108. The first-order valence-electron chi connectivity index (χ1n) is 3.53. The van der Waals surface area contributed by atoms with Gasteiger partial charge in [0.15, 0.2) is 0 Å². The molecule has 0 atom stereocenters. The Bertz CT molecular complexity index is 624. The summed E-state index contributed by atoms with van der Waals surface area (Å²) in [4.78, 5) is 37.8. The van der Waals surface area contributed by atoms with Crippen molar-refractivity contribution in [1.29, 1.82) is 0 Å². The second-order valence-electron chi connectivity index (χ2n) is 2.54. The molecule has 2 heterocycles. The van der Waals surface area contributed by atoms with Gasteiger partial charge in [0.05, 0.1) is 10.9 Å². The van der Waals surface area contributed by atoms with Gasteiger partial charge < -0.3 is 0 Å². The molecule has 0 saturated heterocycles. The average molecular weight is 231 g/mol. The smallest absolute Gasteiger partial charge is 0.298 e. The minimum absolute atomic E-state index is 0.115. The summed E-state index contributed by atoms with van der Waals surface area (Å²) in [7, 11) is 0. The fourth-order valence-electron chi connectivity index (χ4n) is 1.12. The van der Waals surface area contributed by atoms with Crippen LogP contribution in [0, 0.1) is 0 Å². The molecule has 0 aliphatic carbocycles. The number of H-pyrrole nitrogens is 2. The molecule has 7 heteroatoms. The van der Waals surface area contributed by atoms with Gasteiger partial charge in [0.25, 0.3) is 10.8 Å². The monoisotopic (exact) mass is 230 g/mol. The number of nitrogens with one attached hydrogen (secondary N) is 2. The van der Waals surface area contributed by atoms with Crippen molar-refractivity contribution in [3.8, 4) is 0 Å². The second-order valence-corrected chi connectivity index (χ2v) is 3.76. The van der Waals surface area contributed by atoms with Gasteiger partial charge in [-0.3, -0.25) is 19.6 Å². The molecule has 2 N–H and O–H groups in total. The fraction of sp³-hybridized carbons (Fsp3) is 0. The highest BCUT2D eigenvalue weighted by Gasteiger charge is 2.13. The molecule has 0 saturated carbocycles. The fourth-order valence-corrected chi connectivity index (χ4v) is 2.27. The largest absolute Gasteiger partial charge is 0.326 e. The zero-order chi connectivity index (χ0) is 10.3. The van der Waals surface area contributed by atoms with Crippen molar-refractivity contribution >= 4 is 38.4 Å². The van der Waals surface area contributed by atoms with Crippen LogP contribution in [0.1, 0.15) is 10.4 Å². The van der Waals surface area contributed by atoms with Gasteiger partial charge in [0.2, 0.25) is 0 Å². The van der Waals surface area contributed by atoms with Crippen LogP contribution in [0.3, 0.4) is 0 Å². The molecule has 2 aromatic rings. The van der Waals surface area contributed by atoms with Gasteiger partial charge >= 0.3 is 5.69 Å². The predicted octanol–water partition coefficient (Wildman–Crippen LogP) is 0.657. The third kappa shape index (κ3) is 1.28. The molecule has 0 amide bonds. The molecule has 0 unspecified atom stereocenters. The van der Waals surface area contributed by atoms with E-state index in [1.807, 2.05) is 4.98 Å². The lowest BCUT2D eigenvalue weighted by Gasteiger charge is -1.89. The lowest BCUT2D eigenvalue weighted by atomic mass is 10.3. The number of carbonyl (C=O) groups is 1. The van der Waals surface area contributed by atoms with Gasteiger partial charge in [-0.25, -0.2) is 4.79 Å². The van der Waals surface area contributed by atoms with E-state index in [-0.39, 0.29) is 10.9 Å². The molecule has 0 bridgehead atoms. The maximum atomic E-state index is 11.3. The zero-order valence-electron chi connectivity index (χ0n) is 6.59. The van der Waals surface area contributed by atoms with Crippen molar-refractivity contribution in [2.75, 3.05) is 0 Å².